The smallest absolute Gasteiger partial charge is 0.311 e. The van der Waals surface area contributed by atoms with Crippen LogP contribution in [0.1, 0.15) is 17.0 Å². The Morgan fingerprint density at radius 3 is 2.69 bits per heavy atom. The zero-order valence-electron chi connectivity index (χ0n) is 8.63. The van der Waals surface area contributed by atoms with E-state index in [-0.39, 0.29) is 0 Å². The Hall–Kier alpha value is -2.10. The van der Waals surface area contributed by atoms with Crippen molar-refractivity contribution in [1.82, 2.24) is 10.2 Å². The number of aliphatic carboxylic acids is 1. The van der Waals surface area contributed by atoms with Crippen LogP contribution in [0.3, 0.4) is 0 Å². The summed E-state index contributed by atoms with van der Waals surface area (Å²) in [6.45, 7) is 0. The summed E-state index contributed by atoms with van der Waals surface area (Å²) in [5.41, 5.74) is 1.72. The molecule has 1 atom stereocenters. The topological polar surface area (TPSA) is 66.0 Å². The van der Waals surface area contributed by atoms with Crippen molar-refractivity contribution in [3.05, 3.63) is 53.9 Å². The van der Waals surface area contributed by atoms with Crippen molar-refractivity contribution in [2.75, 3.05) is 0 Å². The largest absolute Gasteiger partial charge is 0.481 e. The summed E-state index contributed by atoms with van der Waals surface area (Å²) in [5.74, 6) is -1.37. The van der Waals surface area contributed by atoms with Crippen molar-refractivity contribution in [2.24, 2.45) is 0 Å². The van der Waals surface area contributed by atoms with Crippen LogP contribution in [0.5, 0.6) is 0 Å². The standard InChI is InChI=1S/C12H12N2O2/c15-12(16)11(10-7-13-14-8-10)6-9-4-2-1-3-5-9/h1-5,7-8,11H,6H2,(H,13,14)(H,15,16). The van der Waals surface area contributed by atoms with E-state index in [1.807, 2.05) is 30.3 Å². The molecule has 0 amide bonds. The molecular formula is C12H12N2O2. The fraction of sp³-hybridized carbons (Fsp3) is 0.167. The number of nitrogens with zero attached hydrogens (tertiary/aromatic N) is 1. The van der Waals surface area contributed by atoms with Gasteiger partial charge in [-0.25, -0.2) is 0 Å². The first-order valence-corrected chi connectivity index (χ1v) is 5.03. The number of hydrogen-bond acceptors (Lipinski definition) is 2. The van der Waals surface area contributed by atoms with Gasteiger partial charge in [-0.2, -0.15) is 5.10 Å². The van der Waals surface area contributed by atoms with Gasteiger partial charge in [0.05, 0.1) is 12.1 Å². The third kappa shape index (κ3) is 2.28. The highest BCUT2D eigenvalue weighted by atomic mass is 16.4. The van der Waals surface area contributed by atoms with Crippen LogP contribution in [0.15, 0.2) is 42.7 Å². The number of carbonyl (C=O) groups is 1. The maximum Gasteiger partial charge on any atom is 0.311 e. The molecule has 4 heteroatoms. The molecule has 2 N–H and O–H groups in total. The Morgan fingerprint density at radius 2 is 2.12 bits per heavy atom. The number of H-pyrrole nitrogens is 1. The highest BCUT2D eigenvalue weighted by Gasteiger charge is 2.20. The average Bonchev–Trinajstić information content (AvgIpc) is 2.80. The van der Waals surface area contributed by atoms with Gasteiger partial charge in [-0.15, -0.1) is 0 Å². The molecule has 1 aromatic carbocycles. The van der Waals surface area contributed by atoms with Gasteiger partial charge in [0, 0.05) is 11.8 Å². The number of aromatic nitrogens is 2. The molecule has 0 bridgehead atoms. The third-order valence-corrected chi connectivity index (χ3v) is 2.50. The van der Waals surface area contributed by atoms with Gasteiger partial charge < -0.3 is 5.11 Å². The van der Waals surface area contributed by atoms with E-state index in [9.17, 15) is 4.79 Å². The molecule has 0 aliphatic rings. The first-order valence-electron chi connectivity index (χ1n) is 5.03. The van der Waals surface area contributed by atoms with Crippen molar-refractivity contribution in [3.8, 4) is 0 Å². The van der Waals surface area contributed by atoms with Crippen molar-refractivity contribution in [2.45, 2.75) is 12.3 Å². The fourth-order valence-electron chi connectivity index (χ4n) is 1.65. The highest BCUT2D eigenvalue weighted by molar-refractivity contribution is 5.76. The van der Waals surface area contributed by atoms with Gasteiger partial charge in [-0.05, 0) is 12.0 Å². The Kier molecular flexibility index (Phi) is 3.00. The van der Waals surface area contributed by atoms with Crippen molar-refractivity contribution < 1.29 is 9.90 Å². The van der Waals surface area contributed by atoms with Crippen molar-refractivity contribution in [3.63, 3.8) is 0 Å². The Bertz CT molecular complexity index is 451. The van der Waals surface area contributed by atoms with Crippen LogP contribution in [0.2, 0.25) is 0 Å². The number of nitrogens with one attached hydrogen (secondary N) is 1. The van der Waals surface area contributed by atoms with Crippen LogP contribution < -0.4 is 0 Å². The number of rotatable bonds is 4. The molecular weight excluding hydrogens is 204 g/mol. The Balaban J connectivity index is 2.19. The molecule has 2 aromatic rings. The normalized spacial score (nSPS) is 12.2. The summed E-state index contributed by atoms with van der Waals surface area (Å²) < 4.78 is 0. The zero-order valence-corrected chi connectivity index (χ0v) is 8.63. The van der Waals surface area contributed by atoms with E-state index >= 15 is 0 Å². The number of carboxylic acids is 1. The minimum Gasteiger partial charge on any atom is -0.481 e. The van der Waals surface area contributed by atoms with E-state index in [0.29, 0.717) is 12.0 Å². The summed E-state index contributed by atoms with van der Waals surface area (Å²) >= 11 is 0. The average molecular weight is 216 g/mol. The van der Waals surface area contributed by atoms with Crippen molar-refractivity contribution in [1.29, 1.82) is 0 Å². The molecule has 2 rings (SSSR count). The molecule has 0 saturated carbocycles. The van der Waals surface area contributed by atoms with Crippen LogP contribution in [0, 0.1) is 0 Å². The molecule has 4 nitrogen and oxygen atoms in total. The van der Waals surface area contributed by atoms with E-state index in [2.05, 4.69) is 10.2 Å². The van der Waals surface area contributed by atoms with Gasteiger partial charge in [0.15, 0.2) is 0 Å². The van der Waals surface area contributed by atoms with Gasteiger partial charge in [0.25, 0.3) is 0 Å². The summed E-state index contributed by atoms with van der Waals surface area (Å²) in [7, 11) is 0. The second-order valence-corrected chi connectivity index (χ2v) is 3.61. The van der Waals surface area contributed by atoms with Crippen molar-refractivity contribution >= 4 is 5.97 Å². The quantitative estimate of drug-likeness (QED) is 0.819. The van der Waals surface area contributed by atoms with Crippen LogP contribution in [0.4, 0.5) is 0 Å². The summed E-state index contributed by atoms with van der Waals surface area (Å²) in [6.07, 6.45) is 3.67. The molecule has 0 radical (unpaired) electrons. The number of carboxylic acid groups (broad SMARTS) is 1. The minimum absolute atomic E-state index is 0.482. The summed E-state index contributed by atoms with van der Waals surface area (Å²) in [5, 5.41) is 15.6. The third-order valence-electron chi connectivity index (χ3n) is 2.50. The molecule has 82 valence electrons. The highest BCUT2D eigenvalue weighted by Crippen LogP contribution is 2.19. The monoisotopic (exact) mass is 216 g/mol. The molecule has 0 fully saturated rings. The Labute approximate surface area is 92.9 Å². The predicted octanol–water partition coefficient (Wildman–Crippen LogP) is 1.82. The van der Waals surface area contributed by atoms with E-state index in [4.69, 9.17) is 5.11 Å². The second-order valence-electron chi connectivity index (χ2n) is 3.61. The zero-order chi connectivity index (χ0) is 11.4. The van der Waals surface area contributed by atoms with E-state index < -0.39 is 11.9 Å². The van der Waals surface area contributed by atoms with Gasteiger partial charge >= 0.3 is 5.97 Å². The lowest BCUT2D eigenvalue weighted by molar-refractivity contribution is -0.138. The SMILES string of the molecule is O=C(O)C(Cc1ccccc1)c1cn[nH]c1. The van der Waals surface area contributed by atoms with Crippen LogP contribution >= 0.6 is 0 Å². The molecule has 0 spiro atoms. The molecule has 1 unspecified atom stereocenters. The molecule has 1 aromatic heterocycles. The lowest BCUT2D eigenvalue weighted by Gasteiger charge is -2.09. The number of aromatic amines is 1. The number of benzene rings is 1. The Morgan fingerprint density at radius 1 is 1.38 bits per heavy atom. The van der Waals surface area contributed by atoms with E-state index in [0.717, 1.165) is 5.56 Å². The maximum absolute atomic E-state index is 11.2. The molecule has 16 heavy (non-hydrogen) atoms. The summed E-state index contributed by atoms with van der Waals surface area (Å²) in [6, 6.07) is 9.58. The van der Waals surface area contributed by atoms with Gasteiger partial charge in [-0.1, -0.05) is 30.3 Å². The summed E-state index contributed by atoms with van der Waals surface area (Å²) in [4.78, 5) is 11.2. The molecule has 1 heterocycles. The molecule has 0 saturated heterocycles. The minimum atomic E-state index is -0.828. The van der Waals surface area contributed by atoms with Crippen LogP contribution in [-0.2, 0) is 11.2 Å². The second kappa shape index (κ2) is 4.61. The van der Waals surface area contributed by atoms with E-state index in [1.165, 1.54) is 0 Å². The fourth-order valence-corrected chi connectivity index (χ4v) is 1.65. The maximum atomic E-state index is 11.2. The van der Waals surface area contributed by atoms with Gasteiger partial charge in [0.1, 0.15) is 0 Å². The predicted molar refractivity (Wildman–Crippen MR) is 59.1 cm³/mol. The molecule has 0 aliphatic carbocycles. The first kappa shape index (κ1) is 10.4. The molecule has 0 aliphatic heterocycles. The van der Waals surface area contributed by atoms with Gasteiger partial charge in [0.2, 0.25) is 0 Å². The first-order chi connectivity index (χ1) is 7.77. The number of hydrogen-bond donors (Lipinski definition) is 2. The van der Waals surface area contributed by atoms with E-state index in [1.54, 1.807) is 12.4 Å². The van der Waals surface area contributed by atoms with Crippen LogP contribution in [0.25, 0.3) is 0 Å². The lowest BCUT2D eigenvalue weighted by Crippen LogP contribution is -2.13. The van der Waals surface area contributed by atoms with Gasteiger partial charge in [-0.3, -0.25) is 9.89 Å². The van der Waals surface area contributed by atoms with Crippen LogP contribution in [-0.4, -0.2) is 21.3 Å². The lowest BCUT2D eigenvalue weighted by atomic mass is 9.94.